The molecule has 1 amide bonds. The van der Waals surface area contributed by atoms with Gasteiger partial charge in [0.05, 0.1) is 16.8 Å². The zero-order valence-corrected chi connectivity index (χ0v) is 22.0. The van der Waals surface area contributed by atoms with Crippen molar-refractivity contribution < 1.29 is 19.4 Å². The van der Waals surface area contributed by atoms with Crippen LogP contribution in [0.2, 0.25) is 0 Å². The lowest BCUT2D eigenvalue weighted by Crippen LogP contribution is -2.34. The second-order valence-corrected chi connectivity index (χ2v) is 10.3. The van der Waals surface area contributed by atoms with Gasteiger partial charge in [0, 0.05) is 25.7 Å². The molecule has 0 saturated carbocycles. The zero-order valence-electron chi connectivity index (χ0n) is 20.4. The number of aromatic nitrogens is 2. The van der Waals surface area contributed by atoms with Gasteiger partial charge in [-0.15, -0.1) is 0 Å². The SMILES string of the molecule is CCOC(=O)c1nc(N2CCc3cccc(C(=O)N(C)c4nc5ccccc5s4)c3C2)sc1C#CCO. The molecule has 0 atom stereocenters. The molecule has 0 spiro atoms. The minimum atomic E-state index is -0.544. The number of para-hydroxylation sites is 1. The number of aliphatic hydroxyl groups is 1. The van der Waals surface area contributed by atoms with E-state index in [2.05, 4.69) is 21.8 Å². The summed E-state index contributed by atoms with van der Waals surface area (Å²) in [6.45, 7) is 2.79. The Kier molecular flexibility index (Phi) is 7.19. The van der Waals surface area contributed by atoms with Crippen LogP contribution in [0.1, 0.15) is 43.8 Å². The molecule has 2 aromatic carbocycles. The van der Waals surface area contributed by atoms with Crippen molar-refractivity contribution in [3.8, 4) is 11.8 Å². The van der Waals surface area contributed by atoms with E-state index >= 15 is 0 Å². The van der Waals surface area contributed by atoms with Crippen LogP contribution in [0.3, 0.4) is 0 Å². The summed E-state index contributed by atoms with van der Waals surface area (Å²) in [5, 5.41) is 10.4. The molecule has 1 N–H and O–H groups in total. The number of ether oxygens (including phenoxy) is 1. The molecule has 0 aliphatic carbocycles. The van der Waals surface area contributed by atoms with E-state index in [0.717, 1.165) is 27.8 Å². The molecule has 10 heteroatoms. The molecule has 0 saturated heterocycles. The number of nitrogens with zero attached hydrogens (tertiary/aromatic N) is 4. The molecule has 8 nitrogen and oxygen atoms in total. The van der Waals surface area contributed by atoms with Crippen LogP contribution < -0.4 is 9.80 Å². The van der Waals surface area contributed by atoms with Crippen molar-refractivity contribution in [2.75, 3.05) is 36.6 Å². The highest BCUT2D eigenvalue weighted by molar-refractivity contribution is 7.22. The lowest BCUT2D eigenvalue weighted by atomic mass is 9.94. The molecule has 0 unspecified atom stereocenters. The molecule has 0 bridgehead atoms. The molecular formula is C27H24N4O4S2. The van der Waals surface area contributed by atoms with Crippen molar-refractivity contribution in [3.63, 3.8) is 0 Å². The number of anilines is 2. The van der Waals surface area contributed by atoms with Crippen molar-refractivity contribution in [3.05, 3.63) is 69.7 Å². The molecule has 188 valence electrons. The third kappa shape index (κ3) is 4.93. The van der Waals surface area contributed by atoms with Crippen LogP contribution in [0.5, 0.6) is 0 Å². The van der Waals surface area contributed by atoms with Crippen molar-refractivity contribution in [1.82, 2.24) is 9.97 Å². The minimum Gasteiger partial charge on any atom is -0.461 e. The van der Waals surface area contributed by atoms with Gasteiger partial charge in [0.1, 0.15) is 11.5 Å². The summed E-state index contributed by atoms with van der Waals surface area (Å²) in [5.74, 6) is 4.74. The summed E-state index contributed by atoms with van der Waals surface area (Å²) in [5.41, 5.74) is 3.68. The largest absolute Gasteiger partial charge is 0.461 e. The molecule has 5 rings (SSSR count). The molecule has 3 heterocycles. The fourth-order valence-electron chi connectivity index (χ4n) is 4.20. The van der Waals surface area contributed by atoms with Gasteiger partial charge in [-0.25, -0.2) is 14.8 Å². The van der Waals surface area contributed by atoms with Gasteiger partial charge in [0.25, 0.3) is 5.91 Å². The molecule has 2 aromatic heterocycles. The third-order valence-corrected chi connectivity index (χ3v) is 8.16. The van der Waals surface area contributed by atoms with E-state index in [4.69, 9.17) is 9.84 Å². The molecule has 0 radical (unpaired) electrons. The highest BCUT2D eigenvalue weighted by Crippen LogP contribution is 2.33. The van der Waals surface area contributed by atoms with Crippen LogP contribution in [-0.4, -0.2) is 53.8 Å². The van der Waals surface area contributed by atoms with E-state index in [1.807, 2.05) is 47.4 Å². The number of aliphatic hydroxyl groups excluding tert-OH is 1. The highest BCUT2D eigenvalue weighted by Gasteiger charge is 2.28. The quantitative estimate of drug-likeness (QED) is 0.305. The minimum absolute atomic E-state index is 0.126. The van der Waals surface area contributed by atoms with Crippen LogP contribution in [0.15, 0.2) is 42.5 Å². The molecule has 0 fully saturated rings. The maximum absolute atomic E-state index is 13.6. The summed E-state index contributed by atoms with van der Waals surface area (Å²) in [4.78, 5) is 39.4. The maximum Gasteiger partial charge on any atom is 0.359 e. The number of benzene rings is 2. The molecule has 1 aliphatic heterocycles. The van der Waals surface area contributed by atoms with Gasteiger partial charge in [-0.1, -0.05) is 58.8 Å². The number of carbonyl (C=O) groups is 2. The van der Waals surface area contributed by atoms with Crippen molar-refractivity contribution in [2.45, 2.75) is 19.9 Å². The first-order chi connectivity index (χ1) is 18.0. The number of fused-ring (bicyclic) bond motifs is 2. The van der Waals surface area contributed by atoms with Gasteiger partial charge in [0.2, 0.25) is 0 Å². The molecule has 37 heavy (non-hydrogen) atoms. The number of thiazole rings is 2. The van der Waals surface area contributed by atoms with E-state index in [0.29, 0.717) is 33.8 Å². The average molecular weight is 533 g/mol. The number of esters is 1. The lowest BCUT2D eigenvalue weighted by Gasteiger charge is -2.30. The summed E-state index contributed by atoms with van der Waals surface area (Å²) >= 11 is 2.76. The van der Waals surface area contributed by atoms with Gasteiger partial charge in [-0.3, -0.25) is 9.69 Å². The van der Waals surface area contributed by atoms with Crippen molar-refractivity contribution in [2.24, 2.45) is 0 Å². The summed E-state index contributed by atoms with van der Waals surface area (Å²) in [6, 6.07) is 13.6. The Morgan fingerprint density at radius 1 is 1.16 bits per heavy atom. The maximum atomic E-state index is 13.6. The van der Waals surface area contributed by atoms with Crippen LogP contribution in [0.4, 0.5) is 10.3 Å². The second kappa shape index (κ2) is 10.7. The Labute approximate surface area is 222 Å². The number of amides is 1. The van der Waals surface area contributed by atoms with Gasteiger partial charge in [0.15, 0.2) is 16.0 Å². The second-order valence-electron chi connectivity index (χ2n) is 8.30. The predicted octanol–water partition coefficient (Wildman–Crippen LogP) is 4.11. The Bertz CT molecular complexity index is 1520. The van der Waals surface area contributed by atoms with E-state index in [1.165, 1.54) is 22.7 Å². The lowest BCUT2D eigenvalue weighted by molar-refractivity contribution is 0.0520. The fourth-order valence-corrected chi connectivity index (χ4v) is 6.08. The smallest absolute Gasteiger partial charge is 0.359 e. The van der Waals surface area contributed by atoms with Gasteiger partial charge < -0.3 is 14.7 Å². The van der Waals surface area contributed by atoms with Crippen molar-refractivity contribution >= 4 is 55.0 Å². The number of carbonyl (C=O) groups excluding carboxylic acids is 2. The Hall–Kier alpha value is -3.78. The molecular weight excluding hydrogens is 508 g/mol. The Morgan fingerprint density at radius 3 is 2.78 bits per heavy atom. The highest BCUT2D eigenvalue weighted by atomic mass is 32.1. The van der Waals surface area contributed by atoms with E-state index in [1.54, 1.807) is 18.9 Å². The first-order valence-corrected chi connectivity index (χ1v) is 13.4. The summed E-state index contributed by atoms with van der Waals surface area (Å²) in [6.07, 6.45) is 0.729. The number of hydrogen-bond donors (Lipinski definition) is 1. The zero-order chi connectivity index (χ0) is 25.9. The molecule has 4 aromatic rings. The van der Waals surface area contributed by atoms with Gasteiger partial charge in [-0.2, -0.15) is 0 Å². The van der Waals surface area contributed by atoms with Crippen LogP contribution >= 0.6 is 22.7 Å². The fraction of sp³-hybridized carbons (Fsp3) is 0.259. The van der Waals surface area contributed by atoms with E-state index < -0.39 is 5.97 Å². The van der Waals surface area contributed by atoms with Gasteiger partial charge in [-0.05, 0) is 42.7 Å². The summed E-state index contributed by atoms with van der Waals surface area (Å²) in [7, 11) is 1.75. The first-order valence-electron chi connectivity index (χ1n) is 11.8. The Morgan fingerprint density at radius 2 is 2.00 bits per heavy atom. The van der Waals surface area contributed by atoms with Crippen LogP contribution in [0, 0.1) is 11.8 Å². The summed E-state index contributed by atoms with van der Waals surface area (Å²) < 4.78 is 6.18. The first kappa shape index (κ1) is 24.9. The monoisotopic (exact) mass is 532 g/mol. The average Bonchev–Trinajstić information content (AvgIpc) is 3.55. The van der Waals surface area contributed by atoms with Crippen molar-refractivity contribution in [1.29, 1.82) is 0 Å². The number of hydrogen-bond acceptors (Lipinski definition) is 9. The molecule has 1 aliphatic rings. The van der Waals surface area contributed by atoms with Gasteiger partial charge >= 0.3 is 5.97 Å². The van der Waals surface area contributed by atoms with E-state index in [-0.39, 0.29) is 24.8 Å². The topological polar surface area (TPSA) is 95.9 Å². The van der Waals surface area contributed by atoms with Crippen LogP contribution in [0.25, 0.3) is 10.2 Å². The third-order valence-electron chi connectivity index (χ3n) is 6.01. The van der Waals surface area contributed by atoms with Crippen LogP contribution in [-0.2, 0) is 17.7 Å². The normalized spacial score (nSPS) is 12.6. The predicted molar refractivity (Wildman–Crippen MR) is 146 cm³/mol. The standard InChI is InChI=1S/C27H24N4O4S2/c1-3-35-25(34)23-22(12-7-15-32)37-27(29-23)31-14-13-17-8-6-9-18(19(17)16-31)24(33)30(2)26-28-20-10-4-5-11-21(20)36-26/h4-6,8-11,32H,3,13-16H2,1-2H3. The Balaban J connectivity index is 1.45. The van der Waals surface area contributed by atoms with E-state index in [9.17, 15) is 9.59 Å². The number of rotatable bonds is 5.